The van der Waals surface area contributed by atoms with Gasteiger partial charge in [0.1, 0.15) is 0 Å². The number of hydrogen-bond acceptors (Lipinski definition) is 4. The third-order valence-electron chi connectivity index (χ3n) is 2.20. The number of thiophene rings is 1. The quantitative estimate of drug-likeness (QED) is 0.708. The summed E-state index contributed by atoms with van der Waals surface area (Å²) >= 11 is 1.64. The summed E-state index contributed by atoms with van der Waals surface area (Å²) in [4.78, 5) is 24.7. The molecule has 6 heteroatoms. The van der Waals surface area contributed by atoms with Gasteiger partial charge in [-0.3, -0.25) is 9.59 Å². The van der Waals surface area contributed by atoms with Crippen LogP contribution in [0.1, 0.15) is 22.7 Å². The topological polar surface area (TPSA) is 84.2 Å². The first kappa shape index (κ1) is 13.7. The Balaban J connectivity index is 2.38. The van der Waals surface area contributed by atoms with E-state index in [1.54, 1.807) is 11.3 Å². The number of aryl methyl sites for hydroxylation is 1. The second-order valence-electron chi connectivity index (χ2n) is 3.72. The maximum absolute atomic E-state index is 11.5. The summed E-state index contributed by atoms with van der Waals surface area (Å²) in [5, 5.41) is 5.23. The Kier molecular flexibility index (Phi) is 5.11. The van der Waals surface area contributed by atoms with Crippen LogP contribution < -0.4 is 16.4 Å². The molecule has 0 bridgehead atoms. The van der Waals surface area contributed by atoms with E-state index in [0.717, 1.165) is 4.88 Å². The molecule has 0 aromatic carbocycles. The Bertz CT molecular complexity index is 403. The zero-order valence-electron chi connectivity index (χ0n) is 9.95. The van der Waals surface area contributed by atoms with E-state index >= 15 is 0 Å². The Morgan fingerprint density at radius 2 is 2.12 bits per heavy atom. The highest BCUT2D eigenvalue weighted by molar-refractivity contribution is 7.12. The molecule has 0 aliphatic rings. The van der Waals surface area contributed by atoms with E-state index < -0.39 is 0 Å². The highest BCUT2D eigenvalue weighted by Crippen LogP contribution is 2.21. The third-order valence-corrected chi connectivity index (χ3v) is 3.38. The number of hydrogen-bond donors (Lipinski definition) is 3. The lowest BCUT2D eigenvalue weighted by Gasteiger charge is -2.12. The average molecular weight is 255 g/mol. The van der Waals surface area contributed by atoms with Gasteiger partial charge in [-0.2, -0.15) is 0 Å². The van der Waals surface area contributed by atoms with Gasteiger partial charge in [-0.1, -0.05) is 0 Å². The number of rotatable bonds is 5. The van der Waals surface area contributed by atoms with Crippen LogP contribution >= 0.6 is 11.3 Å². The van der Waals surface area contributed by atoms with Crippen LogP contribution in [0, 0.1) is 6.92 Å². The van der Waals surface area contributed by atoms with Crippen LogP contribution in [0.5, 0.6) is 0 Å². The summed E-state index contributed by atoms with van der Waals surface area (Å²) in [7, 11) is 0. The summed E-state index contributed by atoms with van der Waals surface area (Å²) in [6.45, 7) is 3.79. The number of amides is 2. The first-order valence-electron chi connectivity index (χ1n) is 5.35. The molecule has 0 saturated carbocycles. The van der Waals surface area contributed by atoms with Crippen molar-refractivity contribution in [2.75, 3.05) is 13.1 Å². The summed E-state index contributed by atoms with van der Waals surface area (Å²) in [6, 6.07) is 3.96. The molecule has 0 aliphatic heterocycles. The van der Waals surface area contributed by atoms with Crippen LogP contribution in [-0.4, -0.2) is 24.9 Å². The first-order chi connectivity index (χ1) is 8.02. The molecule has 0 radical (unpaired) electrons. The highest BCUT2D eigenvalue weighted by Gasteiger charge is 2.11. The minimum absolute atomic E-state index is 0.0370. The molecule has 0 saturated heterocycles. The van der Waals surface area contributed by atoms with Crippen LogP contribution in [0.4, 0.5) is 0 Å². The lowest BCUT2D eigenvalue weighted by molar-refractivity contribution is -0.125. The molecule has 0 fully saturated rings. The SMILES string of the molecule is Cc1ccc(C(C)NC(=O)CNC(=O)CN)s1. The minimum Gasteiger partial charge on any atom is -0.347 e. The van der Waals surface area contributed by atoms with E-state index in [4.69, 9.17) is 5.73 Å². The maximum Gasteiger partial charge on any atom is 0.239 e. The highest BCUT2D eigenvalue weighted by atomic mass is 32.1. The van der Waals surface area contributed by atoms with Gasteiger partial charge >= 0.3 is 0 Å². The van der Waals surface area contributed by atoms with Gasteiger partial charge in [0.15, 0.2) is 0 Å². The lowest BCUT2D eigenvalue weighted by atomic mass is 10.2. The van der Waals surface area contributed by atoms with Crippen molar-refractivity contribution in [2.45, 2.75) is 19.9 Å². The Labute approximate surface area is 104 Å². The molecular formula is C11H17N3O2S. The summed E-state index contributed by atoms with van der Waals surface area (Å²) in [5.41, 5.74) is 5.11. The van der Waals surface area contributed by atoms with Crippen molar-refractivity contribution in [2.24, 2.45) is 5.73 Å². The number of nitrogens with one attached hydrogen (secondary N) is 2. The zero-order valence-corrected chi connectivity index (χ0v) is 10.8. The van der Waals surface area contributed by atoms with Crippen molar-refractivity contribution in [1.82, 2.24) is 10.6 Å². The second-order valence-corrected chi connectivity index (χ2v) is 5.04. The molecule has 0 spiro atoms. The van der Waals surface area contributed by atoms with Crippen LogP contribution in [0.2, 0.25) is 0 Å². The first-order valence-corrected chi connectivity index (χ1v) is 6.17. The molecule has 1 aromatic rings. The van der Waals surface area contributed by atoms with Gasteiger partial charge in [0.05, 0.1) is 19.1 Å². The lowest BCUT2D eigenvalue weighted by Crippen LogP contribution is -2.40. The van der Waals surface area contributed by atoms with Crippen molar-refractivity contribution < 1.29 is 9.59 Å². The Morgan fingerprint density at radius 3 is 2.65 bits per heavy atom. The van der Waals surface area contributed by atoms with Crippen LogP contribution in [-0.2, 0) is 9.59 Å². The Morgan fingerprint density at radius 1 is 1.41 bits per heavy atom. The maximum atomic E-state index is 11.5. The monoisotopic (exact) mass is 255 g/mol. The van der Waals surface area contributed by atoms with E-state index in [0.29, 0.717) is 0 Å². The molecular weight excluding hydrogens is 238 g/mol. The molecule has 2 amide bonds. The Hall–Kier alpha value is -1.40. The molecule has 5 nitrogen and oxygen atoms in total. The molecule has 4 N–H and O–H groups in total. The van der Waals surface area contributed by atoms with Crippen molar-refractivity contribution >= 4 is 23.2 Å². The van der Waals surface area contributed by atoms with E-state index in [2.05, 4.69) is 10.6 Å². The molecule has 1 heterocycles. The molecule has 1 aromatic heterocycles. The minimum atomic E-state index is -0.334. The normalized spacial score (nSPS) is 11.9. The average Bonchev–Trinajstić information content (AvgIpc) is 2.72. The van der Waals surface area contributed by atoms with Gasteiger partial charge in [-0.25, -0.2) is 0 Å². The zero-order chi connectivity index (χ0) is 12.8. The number of nitrogens with two attached hydrogens (primary N) is 1. The van der Waals surface area contributed by atoms with Gasteiger partial charge in [-0.05, 0) is 26.0 Å². The van der Waals surface area contributed by atoms with Crippen molar-refractivity contribution in [3.05, 3.63) is 21.9 Å². The number of carbonyl (C=O) groups is 2. The molecule has 17 heavy (non-hydrogen) atoms. The third kappa shape index (κ3) is 4.54. The van der Waals surface area contributed by atoms with Gasteiger partial charge in [-0.15, -0.1) is 11.3 Å². The fraction of sp³-hybridized carbons (Fsp3) is 0.455. The smallest absolute Gasteiger partial charge is 0.239 e. The summed E-state index contributed by atoms with van der Waals surface area (Å²) in [5.74, 6) is -0.551. The van der Waals surface area contributed by atoms with E-state index in [1.807, 2.05) is 26.0 Å². The fourth-order valence-electron chi connectivity index (χ4n) is 1.30. The predicted molar refractivity (Wildman–Crippen MR) is 67.7 cm³/mol. The van der Waals surface area contributed by atoms with Crippen LogP contribution in [0.3, 0.4) is 0 Å². The van der Waals surface area contributed by atoms with E-state index in [-0.39, 0.29) is 30.9 Å². The van der Waals surface area contributed by atoms with Crippen molar-refractivity contribution in [3.63, 3.8) is 0 Å². The van der Waals surface area contributed by atoms with Gasteiger partial charge < -0.3 is 16.4 Å². The fourth-order valence-corrected chi connectivity index (χ4v) is 2.18. The van der Waals surface area contributed by atoms with Gasteiger partial charge in [0.25, 0.3) is 0 Å². The molecule has 1 atom stereocenters. The van der Waals surface area contributed by atoms with E-state index in [9.17, 15) is 9.59 Å². The number of carbonyl (C=O) groups excluding carboxylic acids is 2. The van der Waals surface area contributed by atoms with E-state index in [1.165, 1.54) is 4.88 Å². The summed E-state index contributed by atoms with van der Waals surface area (Å²) in [6.07, 6.45) is 0. The van der Waals surface area contributed by atoms with Crippen molar-refractivity contribution in [3.8, 4) is 0 Å². The van der Waals surface area contributed by atoms with Crippen LogP contribution in [0.15, 0.2) is 12.1 Å². The standard InChI is InChI=1S/C11H17N3O2S/c1-7-3-4-9(17-7)8(2)14-11(16)6-13-10(15)5-12/h3-4,8H,5-6,12H2,1-2H3,(H,13,15)(H,14,16). The molecule has 1 unspecified atom stereocenters. The van der Waals surface area contributed by atoms with Crippen molar-refractivity contribution in [1.29, 1.82) is 0 Å². The second kappa shape index (κ2) is 6.36. The molecule has 0 aliphatic carbocycles. The molecule has 94 valence electrons. The van der Waals surface area contributed by atoms with Gasteiger partial charge in [0, 0.05) is 9.75 Å². The summed E-state index contributed by atoms with van der Waals surface area (Å²) < 4.78 is 0. The van der Waals surface area contributed by atoms with Gasteiger partial charge in [0.2, 0.25) is 11.8 Å². The largest absolute Gasteiger partial charge is 0.347 e. The molecule has 1 rings (SSSR count). The van der Waals surface area contributed by atoms with Crippen LogP contribution in [0.25, 0.3) is 0 Å². The predicted octanol–water partition coefficient (Wildman–Crippen LogP) is 0.309.